The molecule has 0 saturated carbocycles. The van der Waals surface area contributed by atoms with E-state index >= 15 is 0 Å². The molecule has 1 rings (SSSR count). The molecule has 7 nitrogen and oxygen atoms in total. The summed E-state index contributed by atoms with van der Waals surface area (Å²) < 4.78 is 5.12. The van der Waals surface area contributed by atoms with Crippen molar-refractivity contribution >= 4 is 29.5 Å². The first-order valence-electron chi connectivity index (χ1n) is 6.17. The van der Waals surface area contributed by atoms with Gasteiger partial charge in [0.25, 0.3) is 5.91 Å². The maximum atomic E-state index is 11.4. The van der Waals surface area contributed by atoms with Crippen LogP contribution in [0.3, 0.4) is 0 Å². The Morgan fingerprint density at radius 2 is 2.05 bits per heavy atom. The van der Waals surface area contributed by atoms with Gasteiger partial charge in [0.1, 0.15) is 5.75 Å². The van der Waals surface area contributed by atoms with E-state index in [0.717, 1.165) is 6.42 Å². The summed E-state index contributed by atoms with van der Waals surface area (Å²) in [5, 5.41) is 13.4. The van der Waals surface area contributed by atoms with Crippen LogP contribution in [0.15, 0.2) is 18.2 Å². The number of ether oxygens (including phenoxy) is 1. The van der Waals surface area contributed by atoms with Crippen LogP contribution in [0.25, 0.3) is 0 Å². The summed E-state index contributed by atoms with van der Waals surface area (Å²) in [5.74, 6) is -1.60. The third kappa shape index (κ3) is 5.70. The Labute approximate surface area is 126 Å². The van der Waals surface area contributed by atoms with Crippen molar-refractivity contribution in [2.45, 2.75) is 13.3 Å². The molecule has 0 aliphatic rings. The van der Waals surface area contributed by atoms with Gasteiger partial charge in [0.05, 0.1) is 10.6 Å². The molecular formula is C13H15ClN2O5. The van der Waals surface area contributed by atoms with Crippen LogP contribution >= 0.6 is 11.6 Å². The van der Waals surface area contributed by atoms with Crippen molar-refractivity contribution in [2.24, 2.45) is 0 Å². The zero-order valence-corrected chi connectivity index (χ0v) is 12.1. The van der Waals surface area contributed by atoms with Crippen LogP contribution in [0.4, 0.5) is 4.79 Å². The second kappa shape index (κ2) is 8.11. The highest BCUT2D eigenvalue weighted by Crippen LogP contribution is 2.25. The van der Waals surface area contributed by atoms with Crippen molar-refractivity contribution in [3.8, 4) is 5.75 Å². The third-order valence-corrected chi connectivity index (χ3v) is 2.62. The fourth-order valence-electron chi connectivity index (χ4n) is 1.34. The van der Waals surface area contributed by atoms with Crippen LogP contribution in [-0.4, -0.2) is 36.2 Å². The Morgan fingerprint density at radius 3 is 2.62 bits per heavy atom. The number of benzene rings is 1. The lowest BCUT2D eigenvalue weighted by Gasteiger charge is -2.09. The Balaban J connectivity index is 2.50. The van der Waals surface area contributed by atoms with Crippen LogP contribution in [0, 0.1) is 0 Å². The predicted molar refractivity (Wildman–Crippen MR) is 75.7 cm³/mol. The van der Waals surface area contributed by atoms with Crippen molar-refractivity contribution in [3.05, 3.63) is 28.8 Å². The minimum absolute atomic E-state index is 0.00995. The number of nitrogens with one attached hydrogen (secondary N) is 2. The molecule has 0 fully saturated rings. The van der Waals surface area contributed by atoms with Crippen molar-refractivity contribution in [3.63, 3.8) is 0 Å². The summed E-state index contributed by atoms with van der Waals surface area (Å²) in [4.78, 5) is 33.4. The first-order chi connectivity index (χ1) is 9.93. The molecule has 1 aromatic carbocycles. The molecule has 8 heteroatoms. The van der Waals surface area contributed by atoms with Gasteiger partial charge in [-0.2, -0.15) is 0 Å². The number of halogens is 1. The Bertz CT molecular complexity index is 547. The van der Waals surface area contributed by atoms with Crippen molar-refractivity contribution < 1.29 is 24.2 Å². The maximum absolute atomic E-state index is 11.4. The van der Waals surface area contributed by atoms with Gasteiger partial charge < -0.3 is 15.2 Å². The fourth-order valence-corrected chi connectivity index (χ4v) is 1.57. The quantitative estimate of drug-likeness (QED) is 0.740. The molecule has 1 aromatic rings. The first-order valence-corrected chi connectivity index (χ1v) is 6.55. The van der Waals surface area contributed by atoms with E-state index < -0.39 is 24.5 Å². The predicted octanol–water partition coefficient (Wildman–Crippen LogP) is 1.65. The summed E-state index contributed by atoms with van der Waals surface area (Å²) in [7, 11) is 0. The number of aromatic carboxylic acids is 1. The zero-order chi connectivity index (χ0) is 15.8. The number of urea groups is 1. The molecule has 0 unspecified atom stereocenters. The first kappa shape index (κ1) is 16.8. The summed E-state index contributed by atoms with van der Waals surface area (Å²) in [6.45, 7) is 1.93. The lowest BCUT2D eigenvalue weighted by atomic mass is 10.2. The molecule has 114 valence electrons. The van der Waals surface area contributed by atoms with Crippen LogP contribution in [0.5, 0.6) is 5.75 Å². The molecule has 3 N–H and O–H groups in total. The van der Waals surface area contributed by atoms with Gasteiger partial charge in [0.2, 0.25) is 0 Å². The topological polar surface area (TPSA) is 105 Å². The van der Waals surface area contributed by atoms with Gasteiger partial charge in [-0.15, -0.1) is 0 Å². The second-order valence-corrected chi connectivity index (χ2v) is 4.45. The molecule has 0 spiro atoms. The molecule has 0 radical (unpaired) electrons. The van der Waals surface area contributed by atoms with Crippen LogP contribution < -0.4 is 15.4 Å². The minimum atomic E-state index is -1.12. The lowest BCUT2D eigenvalue weighted by molar-refractivity contribution is -0.122. The second-order valence-electron chi connectivity index (χ2n) is 4.04. The van der Waals surface area contributed by atoms with E-state index in [4.69, 9.17) is 21.4 Å². The largest absolute Gasteiger partial charge is 0.482 e. The average Bonchev–Trinajstić information content (AvgIpc) is 2.43. The number of carboxylic acids is 1. The number of carbonyl (C=O) groups is 3. The van der Waals surface area contributed by atoms with E-state index in [-0.39, 0.29) is 16.3 Å². The highest BCUT2D eigenvalue weighted by molar-refractivity contribution is 6.32. The fraction of sp³-hybridized carbons (Fsp3) is 0.308. The van der Waals surface area contributed by atoms with Gasteiger partial charge in [-0.25, -0.2) is 9.59 Å². The molecule has 0 aliphatic heterocycles. The molecule has 0 heterocycles. The summed E-state index contributed by atoms with van der Waals surface area (Å²) in [5.41, 5.74) is 0.00995. The molecule has 0 atom stereocenters. The number of hydrogen-bond donors (Lipinski definition) is 3. The van der Waals surface area contributed by atoms with E-state index in [9.17, 15) is 14.4 Å². The highest BCUT2D eigenvalue weighted by atomic mass is 35.5. The van der Waals surface area contributed by atoms with Crippen molar-refractivity contribution in [1.29, 1.82) is 0 Å². The van der Waals surface area contributed by atoms with E-state index in [1.54, 1.807) is 0 Å². The standard InChI is InChI=1S/C13H15ClN2O5/c1-2-5-15-13(20)16-11(17)7-21-10-4-3-8(12(18)19)6-9(10)14/h3-4,6H,2,5,7H2,1H3,(H,18,19)(H2,15,16,17,20). The van der Waals surface area contributed by atoms with Gasteiger partial charge in [-0.05, 0) is 24.6 Å². The van der Waals surface area contributed by atoms with Gasteiger partial charge in [-0.3, -0.25) is 10.1 Å². The lowest BCUT2D eigenvalue weighted by Crippen LogP contribution is -2.41. The van der Waals surface area contributed by atoms with E-state index in [1.807, 2.05) is 6.92 Å². The number of imide groups is 1. The zero-order valence-electron chi connectivity index (χ0n) is 11.3. The molecule has 3 amide bonds. The Kier molecular flexibility index (Phi) is 6.48. The summed E-state index contributed by atoms with van der Waals surface area (Å²) in [6, 6.07) is 3.26. The van der Waals surface area contributed by atoms with E-state index in [2.05, 4.69) is 10.6 Å². The van der Waals surface area contributed by atoms with E-state index in [0.29, 0.717) is 6.54 Å². The molecule has 0 saturated heterocycles. The molecule has 21 heavy (non-hydrogen) atoms. The van der Waals surface area contributed by atoms with Crippen molar-refractivity contribution in [1.82, 2.24) is 10.6 Å². The Hall–Kier alpha value is -2.28. The third-order valence-electron chi connectivity index (χ3n) is 2.33. The molecule has 0 aliphatic carbocycles. The SMILES string of the molecule is CCCNC(=O)NC(=O)COc1ccc(C(=O)O)cc1Cl. The minimum Gasteiger partial charge on any atom is -0.482 e. The summed E-state index contributed by atoms with van der Waals surface area (Å²) in [6.07, 6.45) is 0.754. The van der Waals surface area contributed by atoms with Gasteiger partial charge in [-0.1, -0.05) is 18.5 Å². The van der Waals surface area contributed by atoms with Gasteiger partial charge >= 0.3 is 12.0 Å². The van der Waals surface area contributed by atoms with E-state index in [1.165, 1.54) is 18.2 Å². The number of amides is 3. The number of carboxylic acid groups (broad SMARTS) is 1. The Morgan fingerprint density at radius 1 is 1.33 bits per heavy atom. The maximum Gasteiger partial charge on any atom is 0.335 e. The highest BCUT2D eigenvalue weighted by Gasteiger charge is 2.11. The number of carbonyl (C=O) groups excluding carboxylic acids is 2. The molecule has 0 bridgehead atoms. The smallest absolute Gasteiger partial charge is 0.335 e. The van der Waals surface area contributed by atoms with Gasteiger partial charge in [0, 0.05) is 6.54 Å². The monoisotopic (exact) mass is 314 g/mol. The molecule has 0 aromatic heterocycles. The van der Waals surface area contributed by atoms with Crippen LogP contribution in [0.1, 0.15) is 23.7 Å². The van der Waals surface area contributed by atoms with Crippen molar-refractivity contribution in [2.75, 3.05) is 13.2 Å². The number of rotatable bonds is 6. The molecular weight excluding hydrogens is 300 g/mol. The van der Waals surface area contributed by atoms with Crippen LogP contribution in [-0.2, 0) is 4.79 Å². The van der Waals surface area contributed by atoms with Gasteiger partial charge in [0.15, 0.2) is 6.61 Å². The normalized spacial score (nSPS) is 9.81. The van der Waals surface area contributed by atoms with Crippen LogP contribution in [0.2, 0.25) is 5.02 Å². The number of hydrogen-bond acceptors (Lipinski definition) is 4. The average molecular weight is 315 g/mol. The summed E-state index contributed by atoms with van der Waals surface area (Å²) >= 11 is 5.83.